The van der Waals surface area contributed by atoms with E-state index in [1.165, 1.54) is 13.0 Å². The number of benzene rings is 1. The van der Waals surface area contributed by atoms with Gasteiger partial charge in [-0.3, -0.25) is 4.79 Å². The van der Waals surface area contributed by atoms with Crippen LogP contribution in [0.3, 0.4) is 0 Å². The summed E-state index contributed by atoms with van der Waals surface area (Å²) in [6.07, 6.45) is 0.537. The largest absolute Gasteiger partial charge is 0.505 e. The van der Waals surface area contributed by atoms with E-state index in [4.69, 9.17) is 5.11 Å². The molecular formula is C8H7FO2. The number of carbonyl (C=O) groups is 1. The third-order valence-electron chi connectivity index (χ3n) is 1.41. The molecular weight excluding hydrogens is 147 g/mol. The first-order valence-electron chi connectivity index (χ1n) is 3.09. The summed E-state index contributed by atoms with van der Waals surface area (Å²) in [6.45, 7) is 1.53. The molecule has 0 saturated carbocycles. The van der Waals surface area contributed by atoms with Gasteiger partial charge in [0.05, 0.1) is 0 Å². The summed E-state index contributed by atoms with van der Waals surface area (Å²) in [6, 6.07) is 2.42. The Labute approximate surface area is 63.3 Å². The van der Waals surface area contributed by atoms with Gasteiger partial charge in [-0.2, -0.15) is 0 Å². The molecule has 0 aliphatic carbocycles. The van der Waals surface area contributed by atoms with E-state index < -0.39 is 11.6 Å². The minimum Gasteiger partial charge on any atom is -0.505 e. The van der Waals surface area contributed by atoms with Crippen LogP contribution >= 0.6 is 0 Å². The highest BCUT2D eigenvalue weighted by atomic mass is 19.1. The number of aldehydes is 1. The Hall–Kier alpha value is -1.38. The molecule has 0 aromatic heterocycles. The Balaban J connectivity index is 3.31. The van der Waals surface area contributed by atoms with Crippen molar-refractivity contribution in [3.05, 3.63) is 29.1 Å². The lowest BCUT2D eigenvalue weighted by molar-refractivity contribution is 0.112. The topological polar surface area (TPSA) is 37.3 Å². The van der Waals surface area contributed by atoms with Crippen LogP contribution in [0.25, 0.3) is 0 Å². The van der Waals surface area contributed by atoms with Crippen molar-refractivity contribution in [2.24, 2.45) is 0 Å². The number of aryl methyl sites for hydroxylation is 1. The molecule has 3 heteroatoms. The zero-order chi connectivity index (χ0) is 8.43. The van der Waals surface area contributed by atoms with E-state index in [0.717, 1.165) is 6.07 Å². The fraction of sp³-hybridized carbons (Fsp3) is 0.125. The minimum atomic E-state index is -0.757. The van der Waals surface area contributed by atoms with Gasteiger partial charge in [-0.25, -0.2) is 4.39 Å². The summed E-state index contributed by atoms with van der Waals surface area (Å²) in [5, 5.41) is 8.94. The second-order valence-corrected chi connectivity index (χ2v) is 2.29. The summed E-state index contributed by atoms with van der Waals surface area (Å²) in [4.78, 5) is 10.2. The number of aromatic hydroxyl groups is 1. The van der Waals surface area contributed by atoms with Crippen LogP contribution in [0, 0.1) is 12.7 Å². The second kappa shape index (κ2) is 2.70. The molecule has 0 spiro atoms. The predicted octanol–water partition coefficient (Wildman–Crippen LogP) is 1.65. The molecule has 2 nitrogen and oxygen atoms in total. The second-order valence-electron chi connectivity index (χ2n) is 2.29. The van der Waals surface area contributed by atoms with Gasteiger partial charge in [0.15, 0.2) is 11.6 Å². The van der Waals surface area contributed by atoms with E-state index >= 15 is 0 Å². The summed E-state index contributed by atoms with van der Waals surface area (Å²) in [5.41, 5.74) is 0.602. The third-order valence-corrected chi connectivity index (χ3v) is 1.41. The molecule has 0 atom stereocenters. The van der Waals surface area contributed by atoms with Crippen molar-refractivity contribution in [1.82, 2.24) is 0 Å². The number of rotatable bonds is 1. The van der Waals surface area contributed by atoms with Gasteiger partial charge in [0, 0.05) is 5.56 Å². The van der Waals surface area contributed by atoms with Gasteiger partial charge >= 0.3 is 0 Å². The van der Waals surface area contributed by atoms with Crippen LogP contribution in [0.2, 0.25) is 0 Å². The number of halogens is 1. The highest BCUT2D eigenvalue weighted by Crippen LogP contribution is 2.20. The lowest BCUT2D eigenvalue weighted by atomic mass is 10.1. The fourth-order valence-electron chi connectivity index (χ4n) is 0.831. The van der Waals surface area contributed by atoms with Crippen LogP contribution in [0.1, 0.15) is 15.9 Å². The zero-order valence-electron chi connectivity index (χ0n) is 5.97. The zero-order valence-corrected chi connectivity index (χ0v) is 5.97. The molecule has 0 heterocycles. The van der Waals surface area contributed by atoms with Crippen molar-refractivity contribution in [3.8, 4) is 5.75 Å². The monoisotopic (exact) mass is 154 g/mol. The van der Waals surface area contributed by atoms with Crippen molar-refractivity contribution in [3.63, 3.8) is 0 Å². The minimum absolute atomic E-state index is 0.234. The van der Waals surface area contributed by atoms with Gasteiger partial charge in [0.25, 0.3) is 0 Å². The maximum atomic E-state index is 12.6. The first-order chi connectivity index (χ1) is 5.15. The summed E-state index contributed by atoms with van der Waals surface area (Å²) in [5.74, 6) is -1.15. The van der Waals surface area contributed by atoms with Crippen molar-refractivity contribution in [1.29, 1.82) is 0 Å². The van der Waals surface area contributed by atoms with E-state index in [-0.39, 0.29) is 5.56 Å². The molecule has 0 amide bonds. The maximum Gasteiger partial charge on any atom is 0.165 e. The van der Waals surface area contributed by atoms with Gasteiger partial charge in [-0.1, -0.05) is 0 Å². The average molecular weight is 154 g/mol. The smallest absolute Gasteiger partial charge is 0.165 e. The Morgan fingerprint density at radius 1 is 1.55 bits per heavy atom. The maximum absolute atomic E-state index is 12.6. The molecule has 1 aromatic carbocycles. The summed E-state index contributed by atoms with van der Waals surface area (Å²) in [7, 11) is 0. The van der Waals surface area contributed by atoms with E-state index in [2.05, 4.69) is 0 Å². The number of hydrogen-bond donors (Lipinski definition) is 1. The lowest BCUT2D eigenvalue weighted by Crippen LogP contribution is -1.86. The van der Waals surface area contributed by atoms with Crippen molar-refractivity contribution in [2.45, 2.75) is 6.92 Å². The van der Waals surface area contributed by atoms with Crippen LogP contribution in [-0.4, -0.2) is 11.4 Å². The van der Waals surface area contributed by atoms with E-state index in [1.54, 1.807) is 0 Å². The first-order valence-corrected chi connectivity index (χ1v) is 3.09. The molecule has 58 valence electrons. The molecule has 0 fully saturated rings. The lowest BCUT2D eigenvalue weighted by Gasteiger charge is -1.99. The summed E-state index contributed by atoms with van der Waals surface area (Å²) < 4.78 is 12.6. The van der Waals surface area contributed by atoms with E-state index in [1.807, 2.05) is 0 Å². The Morgan fingerprint density at radius 3 is 2.64 bits per heavy atom. The number of carbonyl (C=O) groups excluding carboxylic acids is 1. The van der Waals surface area contributed by atoms with Crippen LogP contribution in [0.5, 0.6) is 5.75 Å². The highest BCUT2D eigenvalue weighted by Gasteiger charge is 2.04. The molecule has 0 radical (unpaired) electrons. The van der Waals surface area contributed by atoms with Crippen LogP contribution in [-0.2, 0) is 0 Å². The Bertz CT molecular complexity index is 271. The van der Waals surface area contributed by atoms with Crippen LogP contribution < -0.4 is 0 Å². The summed E-state index contributed by atoms with van der Waals surface area (Å²) >= 11 is 0. The third kappa shape index (κ3) is 1.37. The molecule has 0 bridgehead atoms. The number of phenolic OH excluding ortho intramolecular Hbond substituents is 1. The van der Waals surface area contributed by atoms with Crippen LogP contribution in [0.4, 0.5) is 4.39 Å². The van der Waals surface area contributed by atoms with Crippen molar-refractivity contribution in [2.75, 3.05) is 0 Å². The SMILES string of the molecule is Cc1cc(C=O)cc(F)c1O. The number of phenols is 1. The molecule has 1 aromatic rings. The van der Waals surface area contributed by atoms with Crippen molar-refractivity contribution < 1.29 is 14.3 Å². The van der Waals surface area contributed by atoms with E-state index in [0.29, 0.717) is 11.8 Å². The normalized spacial score (nSPS) is 9.64. The highest BCUT2D eigenvalue weighted by molar-refractivity contribution is 5.75. The standard InChI is InChI=1S/C8H7FO2/c1-5-2-6(4-10)3-7(9)8(5)11/h2-4,11H,1H3. The number of hydrogen-bond acceptors (Lipinski definition) is 2. The molecule has 11 heavy (non-hydrogen) atoms. The van der Waals surface area contributed by atoms with Gasteiger partial charge in [0.2, 0.25) is 0 Å². The Morgan fingerprint density at radius 2 is 2.18 bits per heavy atom. The quantitative estimate of drug-likeness (QED) is 0.624. The van der Waals surface area contributed by atoms with Gasteiger partial charge in [-0.05, 0) is 24.6 Å². The Kier molecular flexibility index (Phi) is 1.89. The first kappa shape index (κ1) is 7.72. The predicted molar refractivity (Wildman–Crippen MR) is 38.2 cm³/mol. The molecule has 0 aliphatic rings. The van der Waals surface area contributed by atoms with E-state index in [9.17, 15) is 9.18 Å². The molecule has 0 unspecified atom stereocenters. The van der Waals surface area contributed by atoms with Crippen molar-refractivity contribution >= 4 is 6.29 Å². The van der Waals surface area contributed by atoms with Gasteiger partial charge < -0.3 is 5.11 Å². The molecule has 1 rings (SSSR count). The molecule has 0 saturated heterocycles. The molecule has 0 aliphatic heterocycles. The fourth-order valence-corrected chi connectivity index (χ4v) is 0.831. The van der Waals surface area contributed by atoms with Crippen LogP contribution in [0.15, 0.2) is 12.1 Å². The van der Waals surface area contributed by atoms with Gasteiger partial charge in [0.1, 0.15) is 6.29 Å². The molecule has 1 N–H and O–H groups in total. The van der Waals surface area contributed by atoms with Gasteiger partial charge in [-0.15, -0.1) is 0 Å². The average Bonchev–Trinajstić information content (AvgIpc) is 1.99.